The average Bonchev–Trinajstić information content (AvgIpc) is 2.61. The van der Waals surface area contributed by atoms with E-state index < -0.39 is 0 Å². The molecule has 24 heavy (non-hydrogen) atoms. The van der Waals surface area contributed by atoms with Crippen LogP contribution >= 0.6 is 61.3 Å². The Morgan fingerprint density at radius 1 is 0.458 bits per heavy atom. The monoisotopic (exact) mass is 448 g/mol. The van der Waals surface area contributed by atoms with E-state index in [1.165, 1.54) is 77.5 Å². The Hall–Kier alpha value is 2.02. The molecule has 8 heteroatoms. The fraction of sp³-hybridized carbons (Fsp3) is 1.00. The van der Waals surface area contributed by atoms with Gasteiger partial charge < -0.3 is 0 Å². The molecule has 146 valence electrons. The molecule has 0 rings (SSSR count). The van der Waals surface area contributed by atoms with E-state index in [0.29, 0.717) is 0 Å². The normalized spacial score (nSPS) is 11.8. The zero-order valence-electron chi connectivity index (χ0n) is 15.8. The summed E-state index contributed by atoms with van der Waals surface area (Å²) in [6.45, 7) is 14.0. The summed E-state index contributed by atoms with van der Waals surface area (Å²) >= 11 is 0. The van der Waals surface area contributed by atoms with Gasteiger partial charge in [0.1, 0.15) is 0 Å². The van der Waals surface area contributed by atoms with Crippen molar-refractivity contribution in [3.63, 3.8) is 0 Å². The van der Waals surface area contributed by atoms with Gasteiger partial charge in [0, 0.05) is 87.4 Å². The summed E-state index contributed by atoms with van der Waals surface area (Å²) in [5.74, 6) is 0. The van der Waals surface area contributed by atoms with E-state index in [1.807, 2.05) is 61.3 Å². The van der Waals surface area contributed by atoms with Crippen LogP contribution in [0.3, 0.4) is 0 Å². The molecule has 0 atom stereocenters. The number of hydrogen-bond donors (Lipinski definition) is 0. The summed E-state index contributed by atoms with van der Waals surface area (Å²) in [5.41, 5.74) is 0. The summed E-state index contributed by atoms with van der Waals surface area (Å²) in [6, 6.07) is 0. The number of hydrogen-bond acceptors (Lipinski definition) is 8. The maximum Gasteiger partial charge on any atom is 0.00974 e. The standard InChI is InChI=1S/C16H36N2S6/c1-5-9-13-17(14-10-6-2)19-21-23-24-22-20-18(15-11-7-3)16-12-8-4/h5-16H2,1-4H3. The molecule has 0 radical (unpaired) electrons. The third kappa shape index (κ3) is 17.4. The van der Waals surface area contributed by atoms with Crippen LogP contribution in [0.2, 0.25) is 0 Å². The molecule has 0 aromatic carbocycles. The Morgan fingerprint density at radius 3 is 1.00 bits per heavy atom. The summed E-state index contributed by atoms with van der Waals surface area (Å²) < 4.78 is 5.08. The molecular formula is C16H36N2S6. The lowest BCUT2D eigenvalue weighted by Crippen LogP contribution is -2.17. The molecule has 0 heterocycles. The summed E-state index contributed by atoms with van der Waals surface area (Å²) in [6.07, 6.45) is 10.4. The van der Waals surface area contributed by atoms with E-state index in [-0.39, 0.29) is 0 Å². The van der Waals surface area contributed by atoms with Crippen LogP contribution in [0.25, 0.3) is 0 Å². The first-order valence-electron chi connectivity index (χ1n) is 9.29. The van der Waals surface area contributed by atoms with Gasteiger partial charge >= 0.3 is 0 Å². The lowest BCUT2D eigenvalue weighted by molar-refractivity contribution is 0.448. The van der Waals surface area contributed by atoms with E-state index in [9.17, 15) is 0 Å². The van der Waals surface area contributed by atoms with Crippen molar-refractivity contribution in [2.75, 3.05) is 26.2 Å². The fourth-order valence-electron chi connectivity index (χ4n) is 1.84. The first kappa shape index (κ1) is 26.0. The minimum atomic E-state index is 1.23. The number of unbranched alkanes of at least 4 members (excludes halogenated alkanes) is 4. The molecule has 0 saturated heterocycles. The highest BCUT2D eigenvalue weighted by Crippen LogP contribution is 2.53. The van der Waals surface area contributed by atoms with E-state index in [4.69, 9.17) is 0 Å². The van der Waals surface area contributed by atoms with Crippen LogP contribution in [0.15, 0.2) is 0 Å². The summed E-state index contributed by atoms with van der Waals surface area (Å²) in [7, 11) is 11.5. The van der Waals surface area contributed by atoms with Gasteiger partial charge in [0.2, 0.25) is 0 Å². The minimum Gasteiger partial charge on any atom is -0.241 e. The van der Waals surface area contributed by atoms with Crippen molar-refractivity contribution in [1.29, 1.82) is 0 Å². The molecule has 0 aromatic heterocycles. The molecule has 0 aliphatic heterocycles. The number of rotatable bonds is 19. The molecule has 0 bridgehead atoms. The lowest BCUT2D eigenvalue weighted by atomic mass is 10.3. The molecule has 0 aliphatic rings. The lowest BCUT2D eigenvalue weighted by Gasteiger charge is -2.20. The van der Waals surface area contributed by atoms with Gasteiger partial charge in [-0.1, -0.05) is 53.4 Å². The van der Waals surface area contributed by atoms with Gasteiger partial charge in [0.25, 0.3) is 0 Å². The molecule has 0 unspecified atom stereocenters. The highest BCUT2D eigenvalue weighted by atomic mass is 33.9. The zero-order chi connectivity index (χ0) is 17.9. The molecule has 0 aromatic rings. The van der Waals surface area contributed by atoms with Crippen molar-refractivity contribution >= 4 is 61.3 Å². The predicted octanol–water partition coefficient (Wildman–Crippen LogP) is 8.60. The van der Waals surface area contributed by atoms with Gasteiger partial charge in [0.05, 0.1) is 0 Å². The van der Waals surface area contributed by atoms with Gasteiger partial charge in [-0.15, -0.1) is 0 Å². The second-order valence-electron chi connectivity index (χ2n) is 5.69. The van der Waals surface area contributed by atoms with Crippen molar-refractivity contribution in [1.82, 2.24) is 8.61 Å². The van der Waals surface area contributed by atoms with E-state index >= 15 is 0 Å². The molecule has 0 spiro atoms. The van der Waals surface area contributed by atoms with Crippen molar-refractivity contribution in [3.05, 3.63) is 0 Å². The molecular weight excluding hydrogens is 413 g/mol. The van der Waals surface area contributed by atoms with Crippen molar-refractivity contribution in [2.24, 2.45) is 0 Å². The minimum absolute atomic E-state index is 1.23. The first-order chi connectivity index (χ1) is 11.8. The van der Waals surface area contributed by atoms with E-state index in [1.54, 1.807) is 0 Å². The van der Waals surface area contributed by atoms with Crippen LogP contribution in [-0.4, -0.2) is 34.8 Å². The van der Waals surface area contributed by atoms with Crippen molar-refractivity contribution < 1.29 is 0 Å². The highest BCUT2D eigenvalue weighted by molar-refractivity contribution is 9.41. The quantitative estimate of drug-likeness (QED) is 0.109. The van der Waals surface area contributed by atoms with Gasteiger partial charge in [0.15, 0.2) is 0 Å². The first-order valence-corrected chi connectivity index (χ1v) is 16.7. The zero-order valence-corrected chi connectivity index (χ0v) is 20.7. The topological polar surface area (TPSA) is 6.48 Å². The molecule has 0 fully saturated rings. The van der Waals surface area contributed by atoms with Crippen LogP contribution in [-0.2, 0) is 0 Å². The summed E-state index contributed by atoms with van der Waals surface area (Å²) in [4.78, 5) is 0. The van der Waals surface area contributed by atoms with Crippen LogP contribution in [0.5, 0.6) is 0 Å². The van der Waals surface area contributed by atoms with Crippen LogP contribution in [0.1, 0.15) is 79.1 Å². The van der Waals surface area contributed by atoms with E-state index in [2.05, 4.69) is 36.3 Å². The fourth-order valence-corrected chi connectivity index (χ4v) is 13.3. The Balaban J connectivity index is 3.74. The predicted molar refractivity (Wildman–Crippen MR) is 128 cm³/mol. The van der Waals surface area contributed by atoms with Crippen LogP contribution < -0.4 is 0 Å². The van der Waals surface area contributed by atoms with Crippen LogP contribution in [0, 0.1) is 0 Å². The molecule has 0 aliphatic carbocycles. The average molecular weight is 449 g/mol. The van der Waals surface area contributed by atoms with Gasteiger partial charge in [-0.3, -0.25) is 0 Å². The molecule has 0 saturated carbocycles. The van der Waals surface area contributed by atoms with Gasteiger partial charge in [-0.05, 0) is 25.7 Å². The Bertz CT molecular complexity index is 209. The van der Waals surface area contributed by atoms with Crippen LogP contribution in [0.4, 0.5) is 0 Å². The number of nitrogens with zero attached hydrogens (tertiary/aromatic N) is 2. The summed E-state index contributed by atoms with van der Waals surface area (Å²) in [5, 5.41) is 0. The smallest absolute Gasteiger partial charge is 0.00974 e. The second kappa shape index (κ2) is 21.3. The van der Waals surface area contributed by atoms with Crippen molar-refractivity contribution in [3.8, 4) is 0 Å². The molecule has 0 N–H and O–H groups in total. The largest absolute Gasteiger partial charge is 0.241 e. The Labute approximate surface area is 174 Å². The Kier molecular flexibility index (Phi) is 23.1. The second-order valence-corrected chi connectivity index (χ2v) is 15.0. The molecule has 2 nitrogen and oxygen atoms in total. The van der Waals surface area contributed by atoms with Crippen molar-refractivity contribution in [2.45, 2.75) is 79.1 Å². The van der Waals surface area contributed by atoms with Gasteiger partial charge in [-0.2, -0.15) is 0 Å². The maximum atomic E-state index is 2.54. The SMILES string of the molecule is CCCCN(CCCC)SSSSSSN(CCCC)CCCC. The van der Waals surface area contributed by atoms with E-state index in [0.717, 1.165) is 0 Å². The Morgan fingerprint density at radius 2 is 0.750 bits per heavy atom. The third-order valence-electron chi connectivity index (χ3n) is 3.40. The maximum absolute atomic E-state index is 2.54. The molecule has 0 amide bonds. The van der Waals surface area contributed by atoms with Gasteiger partial charge in [-0.25, -0.2) is 8.61 Å². The third-order valence-corrected chi connectivity index (χ3v) is 14.1. The highest BCUT2D eigenvalue weighted by Gasteiger charge is 2.08.